The average molecular weight is 470 g/mol. The molecule has 0 saturated carbocycles. The minimum atomic E-state index is -0.290. The summed E-state index contributed by atoms with van der Waals surface area (Å²) in [5.41, 5.74) is 2.40. The van der Waals surface area contributed by atoms with Gasteiger partial charge in [0.2, 0.25) is 5.91 Å². The molecule has 2 N–H and O–H groups in total. The second kappa shape index (κ2) is 10.1. The maximum absolute atomic E-state index is 12.9. The standard InChI is InChI=1S/C24H24ClN3O3S/c1-31-18-5-2-4-15(14-18)12-13-26-23(30)19-6-3-7-20-21(19)27-24(32-20)28-22(29)16-8-10-17(25)11-9-16/h2,4-5,8-11,14,19H,3,6-7,12-13H2,1H3,(H,26,30)(H,27,28,29). The maximum Gasteiger partial charge on any atom is 0.257 e. The second-order valence-corrected chi connectivity index (χ2v) is 9.15. The van der Waals surface area contributed by atoms with Gasteiger partial charge in [0.05, 0.1) is 18.7 Å². The molecular formula is C24H24ClN3O3S. The molecule has 0 spiro atoms. The van der Waals surface area contributed by atoms with Crippen LogP contribution >= 0.6 is 22.9 Å². The van der Waals surface area contributed by atoms with Crippen molar-refractivity contribution in [3.05, 3.63) is 75.3 Å². The van der Waals surface area contributed by atoms with E-state index in [0.29, 0.717) is 22.3 Å². The zero-order valence-corrected chi connectivity index (χ0v) is 19.3. The number of fused-ring (bicyclic) bond motifs is 1. The summed E-state index contributed by atoms with van der Waals surface area (Å²) in [6, 6.07) is 14.5. The lowest BCUT2D eigenvalue weighted by molar-refractivity contribution is -0.122. The van der Waals surface area contributed by atoms with E-state index in [4.69, 9.17) is 16.3 Å². The quantitative estimate of drug-likeness (QED) is 0.519. The Morgan fingerprint density at radius 1 is 1.22 bits per heavy atom. The van der Waals surface area contributed by atoms with Gasteiger partial charge in [-0.2, -0.15) is 0 Å². The first-order chi connectivity index (χ1) is 15.5. The Labute approximate surface area is 196 Å². The Bertz CT molecular complexity index is 1110. The van der Waals surface area contributed by atoms with Crippen LogP contribution in [-0.4, -0.2) is 30.5 Å². The van der Waals surface area contributed by atoms with Gasteiger partial charge in [-0.3, -0.25) is 14.9 Å². The van der Waals surface area contributed by atoms with Crippen molar-refractivity contribution >= 4 is 39.9 Å². The van der Waals surface area contributed by atoms with Crippen LogP contribution in [0.15, 0.2) is 48.5 Å². The molecule has 166 valence electrons. The first-order valence-electron chi connectivity index (χ1n) is 10.5. The van der Waals surface area contributed by atoms with Crippen LogP contribution in [0.25, 0.3) is 0 Å². The SMILES string of the molecule is COc1cccc(CCNC(=O)C2CCCc3sc(NC(=O)c4ccc(Cl)cc4)nc32)c1. The van der Waals surface area contributed by atoms with E-state index < -0.39 is 0 Å². The Hall–Kier alpha value is -2.90. The van der Waals surface area contributed by atoms with Crippen LogP contribution in [0.2, 0.25) is 5.02 Å². The molecule has 1 atom stereocenters. The van der Waals surface area contributed by atoms with E-state index in [0.717, 1.165) is 47.6 Å². The molecule has 6 nitrogen and oxygen atoms in total. The predicted octanol–water partition coefficient (Wildman–Crippen LogP) is 4.84. The number of ether oxygens (including phenoxy) is 1. The van der Waals surface area contributed by atoms with E-state index in [1.165, 1.54) is 11.3 Å². The summed E-state index contributed by atoms with van der Waals surface area (Å²) in [5, 5.41) is 6.99. The summed E-state index contributed by atoms with van der Waals surface area (Å²) in [6.07, 6.45) is 3.28. The minimum Gasteiger partial charge on any atom is -0.497 e. The monoisotopic (exact) mass is 469 g/mol. The molecule has 0 bridgehead atoms. The highest BCUT2D eigenvalue weighted by molar-refractivity contribution is 7.16. The number of nitrogens with zero attached hydrogens (tertiary/aromatic N) is 1. The molecule has 32 heavy (non-hydrogen) atoms. The molecule has 8 heteroatoms. The number of hydrogen-bond donors (Lipinski definition) is 2. The van der Waals surface area contributed by atoms with Crippen LogP contribution in [0.3, 0.4) is 0 Å². The smallest absolute Gasteiger partial charge is 0.257 e. The number of amides is 2. The Kier molecular flexibility index (Phi) is 7.07. The molecule has 1 aliphatic rings. The van der Waals surface area contributed by atoms with Crippen molar-refractivity contribution in [3.8, 4) is 5.75 Å². The molecule has 1 heterocycles. The molecule has 2 aromatic carbocycles. The third kappa shape index (κ3) is 5.29. The van der Waals surface area contributed by atoms with Gasteiger partial charge in [-0.1, -0.05) is 23.7 Å². The van der Waals surface area contributed by atoms with Crippen LogP contribution in [0.4, 0.5) is 5.13 Å². The molecule has 0 fully saturated rings. The van der Waals surface area contributed by atoms with Crippen LogP contribution in [0.1, 0.15) is 45.3 Å². The highest BCUT2D eigenvalue weighted by Crippen LogP contribution is 2.37. The lowest BCUT2D eigenvalue weighted by atomic mass is 9.90. The van der Waals surface area contributed by atoms with Crippen molar-refractivity contribution in [1.82, 2.24) is 10.3 Å². The van der Waals surface area contributed by atoms with Crippen molar-refractivity contribution in [2.24, 2.45) is 0 Å². The zero-order chi connectivity index (χ0) is 22.5. The van der Waals surface area contributed by atoms with E-state index in [-0.39, 0.29) is 17.7 Å². The van der Waals surface area contributed by atoms with Crippen molar-refractivity contribution < 1.29 is 14.3 Å². The number of hydrogen-bond acceptors (Lipinski definition) is 5. The summed E-state index contributed by atoms with van der Waals surface area (Å²) in [4.78, 5) is 31.1. The van der Waals surface area contributed by atoms with Crippen LogP contribution < -0.4 is 15.4 Å². The van der Waals surface area contributed by atoms with Crippen molar-refractivity contribution in [1.29, 1.82) is 0 Å². The lowest BCUT2D eigenvalue weighted by Gasteiger charge is -2.20. The molecule has 0 saturated heterocycles. The number of rotatable bonds is 7. The number of thiazole rings is 1. The second-order valence-electron chi connectivity index (χ2n) is 7.63. The van der Waals surface area contributed by atoms with Crippen molar-refractivity contribution in [2.75, 3.05) is 19.0 Å². The first kappa shape index (κ1) is 22.3. The first-order valence-corrected chi connectivity index (χ1v) is 11.7. The molecule has 1 aliphatic carbocycles. The molecule has 0 radical (unpaired) electrons. The summed E-state index contributed by atoms with van der Waals surface area (Å²) >= 11 is 7.33. The maximum atomic E-state index is 12.9. The van der Waals surface area contributed by atoms with Crippen LogP contribution in [0.5, 0.6) is 5.75 Å². The van der Waals surface area contributed by atoms with Gasteiger partial charge in [0.15, 0.2) is 5.13 Å². The fraction of sp³-hybridized carbons (Fsp3) is 0.292. The van der Waals surface area contributed by atoms with E-state index in [2.05, 4.69) is 15.6 Å². The van der Waals surface area contributed by atoms with Crippen LogP contribution in [0, 0.1) is 0 Å². The Balaban J connectivity index is 1.38. The van der Waals surface area contributed by atoms with Gasteiger partial charge in [-0.25, -0.2) is 4.98 Å². The van der Waals surface area contributed by atoms with E-state index in [9.17, 15) is 9.59 Å². The van der Waals surface area contributed by atoms with E-state index in [1.54, 1.807) is 31.4 Å². The highest BCUT2D eigenvalue weighted by atomic mass is 35.5. The number of anilines is 1. The number of methoxy groups -OCH3 is 1. The molecular weight excluding hydrogens is 446 g/mol. The molecule has 2 amide bonds. The normalized spacial score (nSPS) is 15.0. The Morgan fingerprint density at radius 2 is 2.03 bits per heavy atom. The lowest BCUT2D eigenvalue weighted by Crippen LogP contribution is -2.32. The number of aryl methyl sites for hydroxylation is 1. The van der Waals surface area contributed by atoms with E-state index >= 15 is 0 Å². The number of halogens is 1. The summed E-state index contributed by atoms with van der Waals surface area (Å²) in [6.45, 7) is 0.544. The third-order valence-electron chi connectivity index (χ3n) is 5.44. The largest absolute Gasteiger partial charge is 0.497 e. The number of nitrogens with one attached hydrogen (secondary N) is 2. The van der Waals surface area contributed by atoms with Gasteiger partial charge < -0.3 is 10.1 Å². The van der Waals surface area contributed by atoms with Crippen molar-refractivity contribution in [2.45, 2.75) is 31.6 Å². The van der Waals surface area contributed by atoms with Gasteiger partial charge in [0.1, 0.15) is 5.75 Å². The molecule has 3 aromatic rings. The highest BCUT2D eigenvalue weighted by Gasteiger charge is 2.30. The van der Waals surface area contributed by atoms with Crippen molar-refractivity contribution in [3.63, 3.8) is 0 Å². The minimum absolute atomic E-state index is 0.0188. The van der Waals surface area contributed by atoms with Gasteiger partial charge in [0.25, 0.3) is 5.91 Å². The van der Waals surface area contributed by atoms with E-state index in [1.807, 2.05) is 24.3 Å². The van der Waals surface area contributed by atoms with Gasteiger partial charge in [-0.05, 0) is 67.6 Å². The van der Waals surface area contributed by atoms with Gasteiger partial charge in [-0.15, -0.1) is 11.3 Å². The average Bonchev–Trinajstić information content (AvgIpc) is 3.22. The number of carbonyl (C=O) groups is 2. The molecule has 4 rings (SSSR count). The van der Waals surface area contributed by atoms with Gasteiger partial charge in [0, 0.05) is 22.0 Å². The zero-order valence-electron chi connectivity index (χ0n) is 17.7. The topological polar surface area (TPSA) is 80.3 Å². The summed E-state index contributed by atoms with van der Waals surface area (Å²) in [7, 11) is 1.64. The number of aromatic nitrogens is 1. The molecule has 1 aromatic heterocycles. The third-order valence-corrected chi connectivity index (χ3v) is 6.74. The predicted molar refractivity (Wildman–Crippen MR) is 127 cm³/mol. The molecule has 1 unspecified atom stereocenters. The summed E-state index contributed by atoms with van der Waals surface area (Å²) < 4.78 is 5.25. The summed E-state index contributed by atoms with van der Waals surface area (Å²) in [5.74, 6) is 0.254. The number of carbonyl (C=O) groups excluding carboxylic acids is 2. The fourth-order valence-electron chi connectivity index (χ4n) is 3.78. The fourth-order valence-corrected chi connectivity index (χ4v) is 4.96. The van der Waals surface area contributed by atoms with Gasteiger partial charge >= 0.3 is 0 Å². The Morgan fingerprint density at radius 3 is 2.81 bits per heavy atom. The molecule has 0 aliphatic heterocycles. The number of benzene rings is 2. The van der Waals surface area contributed by atoms with Crippen LogP contribution in [-0.2, 0) is 17.6 Å².